The number of benzene rings is 2. The molecular weight excluding hydrogens is 438 g/mol. The first kappa shape index (κ1) is 22.9. The normalized spacial score (nSPS) is 15.0. The van der Waals surface area contributed by atoms with E-state index in [1.807, 2.05) is 60.7 Å². The number of rotatable bonds is 9. The quantitative estimate of drug-likeness (QED) is 0.481. The van der Waals surface area contributed by atoms with Crippen LogP contribution in [0.15, 0.2) is 83.9 Å². The van der Waals surface area contributed by atoms with Gasteiger partial charge in [0, 0.05) is 13.1 Å². The van der Waals surface area contributed by atoms with Gasteiger partial charge in [-0.15, -0.1) is 0 Å². The number of esters is 1. The minimum atomic E-state index is -3.92. The van der Waals surface area contributed by atoms with Crippen molar-refractivity contribution in [2.24, 2.45) is 0 Å². The second-order valence-corrected chi connectivity index (χ2v) is 10.0. The Labute approximate surface area is 194 Å². The van der Waals surface area contributed by atoms with Crippen molar-refractivity contribution in [3.05, 3.63) is 90.0 Å². The Bertz CT molecular complexity index is 1160. The average Bonchev–Trinajstić information content (AvgIpc) is 2.82. The van der Waals surface area contributed by atoms with Gasteiger partial charge < -0.3 is 10.1 Å². The lowest BCUT2D eigenvalue weighted by Crippen LogP contribution is -2.53. The van der Waals surface area contributed by atoms with Crippen molar-refractivity contribution in [3.63, 3.8) is 0 Å². The van der Waals surface area contributed by atoms with Gasteiger partial charge in [0.1, 0.15) is 11.4 Å². The zero-order valence-corrected chi connectivity index (χ0v) is 19.3. The molecule has 0 unspecified atom stereocenters. The molecule has 8 heteroatoms. The first-order valence-electron chi connectivity index (χ1n) is 10.8. The highest BCUT2D eigenvalue weighted by Gasteiger charge is 2.45. The molecule has 1 aliphatic rings. The molecule has 0 spiro atoms. The summed E-state index contributed by atoms with van der Waals surface area (Å²) in [6, 6.07) is 23.7. The summed E-state index contributed by atoms with van der Waals surface area (Å²) in [5.74, 6) is -0.0286. The Morgan fingerprint density at radius 3 is 2.00 bits per heavy atom. The van der Waals surface area contributed by atoms with Gasteiger partial charge in [0.15, 0.2) is 5.03 Å². The fourth-order valence-electron chi connectivity index (χ4n) is 3.91. The molecular formula is C25H27N3O4S. The van der Waals surface area contributed by atoms with Gasteiger partial charge in [-0.3, -0.25) is 0 Å². The molecule has 1 fully saturated rings. The number of anilines is 1. The predicted octanol–water partition coefficient (Wildman–Crippen LogP) is 3.98. The molecule has 1 saturated carbocycles. The summed E-state index contributed by atoms with van der Waals surface area (Å²) in [5, 5.41) is 3.05. The van der Waals surface area contributed by atoms with Gasteiger partial charge in [-0.25, -0.2) is 18.2 Å². The van der Waals surface area contributed by atoms with Gasteiger partial charge in [0.25, 0.3) is 10.0 Å². The van der Waals surface area contributed by atoms with Crippen LogP contribution in [0.5, 0.6) is 0 Å². The Morgan fingerprint density at radius 2 is 1.52 bits per heavy atom. The van der Waals surface area contributed by atoms with Crippen LogP contribution < -0.4 is 5.32 Å². The zero-order valence-electron chi connectivity index (χ0n) is 18.5. The maximum absolute atomic E-state index is 13.7. The molecule has 7 nitrogen and oxygen atoms in total. The van der Waals surface area contributed by atoms with E-state index in [2.05, 4.69) is 10.3 Å². The smallest absolute Gasteiger partial charge is 0.331 e. The van der Waals surface area contributed by atoms with Crippen molar-refractivity contribution in [2.75, 3.05) is 12.4 Å². The molecule has 0 radical (unpaired) electrons. The van der Waals surface area contributed by atoms with Crippen LogP contribution in [-0.4, -0.2) is 36.3 Å². The van der Waals surface area contributed by atoms with Gasteiger partial charge in [0.2, 0.25) is 0 Å². The van der Waals surface area contributed by atoms with Gasteiger partial charge >= 0.3 is 5.97 Å². The van der Waals surface area contributed by atoms with Gasteiger partial charge in [0.05, 0.1) is 7.11 Å². The Kier molecular flexibility index (Phi) is 6.76. The van der Waals surface area contributed by atoms with E-state index >= 15 is 0 Å². The van der Waals surface area contributed by atoms with E-state index in [1.54, 1.807) is 12.1 Å². The number of methoxy groups -OCH3 is 1. The second kappa shape index (κ2) is 9.72. The van der Waals surface area contributed by atoms with Crippen molar-refractivity contribution in [3.8, 4) is 0 Å². The van der Waals surface area contributed by atoms with Crippen LogP contribution in [-0.2, 0) is 32.6 Å². The summed E-state index contributed by atoms with van der Waals surface area (Å²) >= 11 is 0. The number of sulfonamides is 1. The third kappa shape index (κ3) is 5.07. The molecule has 0 atom stereocenters. The van der Waals surface area contributed by atoms with Crippen molar-refractivity contribution in [1.29, 1.82) is 0 Å². The SMILES string of the molecule is COC(=O)C1(Nc2cccc(S(=O)(=O)N(Cc3ccccc3)Cc3ccccc3)n2)CCC1. The number of nitrogens with zero attached hydrogens (tertiary/aromatic N) is 2. The maximum Gasteiger partial charge on any atom is 0.331 e. The summed E-state index contributed by atoms with van der Waals surface area (Å²) < 4.78 is 33.7. The molecule has 3 aromatic rings. The van der Waals surface area contributed by atoms with Crippen molar-refractivity contribution < 1.29 is 17.9 Å². The fourth-order valence-corrected chi connectivity index (χ4v) is 5.28. The summed E-state index contributed by atoms with van der Waals surface area (Å²) in [6.45, 7) is 0.424. The number of nitrogens with one attached hydrogen (secondary N) is 1. The number of aromatic nitrogens is 1. The lowest BCUT2D eigenvalue weighted by atomic mass is 9.76. The first-order valence-corrected chi connectivity index (χ1v) is 12.3. The van der Waals surface area contributed by atoms with Gasteiger partial charge in [-0.1, -0.05) is 66.7 Å². The number of ether oxygens (including phenoxy) is 1. The summed E-state index contributed by atoms with van der Waals surface area (Å²) in [6.07, 6.45) is 2.13. The van der Waals surface area contributed by atoms with Crippen molar-refractivity contribution >= 4 is 21.8 Å². The highest BCUT2D eigenvalue weighted by atomic mass is 32.2. The lowest BCUT2D eigenvalue weighted by Gasteiger charge is -2.39. The van der Waals surface area contributed by atoms with Gasteiger partial charge in [-0.2, -0.15) is 4.31 Å². The van der Waals surface area contributed by atoms with E-state index in [4.69, 9.17) is 4.74 Å². The van der Waals surface area contributed by atoms with Crippen LogP contribution >= 0.6 is 0 Å². The molecule has 172 valence electrons. The highest BCUT2D eigenvalue weighted by molar-refractivity contribution is 7.89. The standard InChI is InChI=1S/C25H27N3O4S/c1-32-24(29)25(16-9-17-25)27-22-14-8-15-23(26-22)33(30,31)28(18-20-10-4-2-5-11-20)19-21-12-6-3-7-13-21/h2-8,10-15H,9,16-19H2,1H3,(H,26,27). The molecule has 1 aromatic heterocycles. The summed E-state index contributed by atoms with van der Waals surface area (Å²) in [7, 11) is -2.57. The monoisotopic (exact) mass is 465 g/mol. The number of pyridine rings is 1. The minimum Gasteiger partial charge on any atom is -0.467 e. The van der Waals surface area contributed by atoms with E-state index in [0.717, 1.165) is 17.5 Å². The number of carbonyl (C=O) groups is 1. The summed E-state index contributed by atoms with van der Waals surface area (Å²) in [5.41, 5.74) is 0.911. The lowest BCUT2D eigenvalue weighted by molar-refractivity contribution is -0.149. The van der Waals surface area contributed by atoms with Crippen molar-refractivity contribution in [1.82, 2.24) is 9.29 Å². The molecule has 1 aliphatic carbocycles. The third-order valence-corrected chi connectivity index (χ3v) is 7.58. The topological polar surface area (TPSA) is 88.6 Å². The minimum absolute atomic E-state index is 0.0706. The number of hydrogen-bond acceptors (Lipinski definition) is 6. The maximum atomic E-state index is 13.7. The van der Waals surface area contributed by atoms with Crippen LogP contribution in [0.1, 0.15) is 30.4 Å². The molecule has 33 heavy (non-hydrogen) atoms. The summed E-state index contributed by atoms with van der Waals surface area (Å²) in [4.78, 5) is 16.7. The van der Waals surface area contributed by atoms with E-state index in [1.165, 1.54) is 17.5 Å². The largest absolute Gasteiger partial charge is 0.467 e. The van der Waals surface area contributed by atoms with Crippen molar-refractivity contribution in [2.45, 2.75) is 42.9 Å². The molecule has 0 saturated heterocycles. The molecule has 4 rings (SSSR count). The first-order chi connectivity index (χ1) is 15.9. The zero-order chi connectivity index (χ0) is 23.3. The number of carbonyl (C=O) groups excluding carboxylic acids is 1. The molecule has 0 aliphatic heterocycles. The Morgan fingerprint density at radius 1 is 0.939 bits per heavy atom. The Hall–Kier alpha value is -3.23. The fraction of sp³-hybridized carbons (Fsp3) is 0.280. The average molecular weight is 466 g/mol. The van der Waals surface area contributed by atoms with Gasteiger partial charge in [-0.05, 0) is 42.5 Å². The van der Waals surface area contributed by atoms with Crippen LogP contribution in [0.2, 0.25) is 0 Å². The molecule has 1 N–H and O–H groups in total. The molecule has 1 heterocycles. The molecule has 2 aromatic carbocycles. The van der Waals surface area contributed by atoms with E-state index in [9.17, 15) is 13.2 Å². The highest BCUT2D eigenvalue weighted by Crippen LogP contribution is 2.36. The predicted molar refractivity (Wildman–Crippen MR) is 126 cm³/mol. The van der Waals surface area contributed by atoms with E-state index in [0.29, 0.717) is 18.7 Å². The Balaban J connectivity index is 1.64. The van der Waals surface area contributed by atoms with Crippen LogP contribution in [0, 0.1) is 0 Å². The van der Waals surface area contributed by atoms with Crippen LogP contribution in [0.3, 0.4) is 0 Å². The molecule has 0 amide bonds. The van der Waals surface area contributed by atoms with Crippen LogP contribution in [0.25, 0.3) is 0 Å². The van der Waals surface area contributed by atoms with E-state index < -0.39 is 15.6 Å². The van der Waals surface area contributed by atoms with Crippen LogP contribution in [0.4, 0.5) is 5.82 Å². The third-order valence-electron chi connectivity index (χ3n) is 5.88. The van der Waals surface area contributed by atoms with E-state index in [-0.39, 0.29) is 24.1 Å². The number of hydrogen-bond donors (Lipinski definition) is 1. The molecule has 0 bridgehead atoms. The second-order valence-electron chi connectivity index (χ2n) is 8.16.